The molecule has 1 amide bonds. The maximum Gasteiger partial charge on any atom is 0.237 e. The van der Waals surface area contributed by atoms with Gasteiger partial charge in [-0.3, -0.25) is 4.79 Å². The molecule has 2 aliphatic rings. The van der Waals surface area contributed by atoms with Crippen molar-refractivity contribution in [1.82, 2.24) is 10.6 Å². The van der Waals surface area contributed by atoms with Gasteiger partial charge in [0.05, 0.1) is 12.1 Å². The van der Waals surface area contributed by atoms with E-state index in [0.29, 0.717) is 5.92 Å². The van der Waals surface area contributed by atoms with E-state index < -0.39 is 0 Å². The summed E-state index contributed by atoms with van der Waals surface area (Å²) in [5, 5.41) is 6.37. The highest BCUT2D eigenvalue weighted by atomic mass is 16.2. The van der Waals surface area contributed by atoms with Crippen LogP contribution in [0.4, 0.5) is 0 Å². The fourth-order valence-corrected chi connectivity index (χ4v) is 2.42. The van der Waals surface area contributed by atoms with Gasteiger partial charge in [0, 0.05) is 0 Å². The lowest BCUT2D eigenvalue weighted by Crippen LogP contribution is -2.48. The second kappa shape index (κ2) is 4.83. The summed E-state index contributed by atoms with van der Waals surface area (Å²) in [6.45, 7) is 5.18. The summed E-state index contributed by atoms with van der Waals surface area (Å²) < 4.78 is 0. The van der Waals surface area contributed by atoms with E-state index in [1.165, 1.54) is 5.57 Å². The molecule has 1 fully saturated rings. The van der Waals surface area contributed by atoms with Crippen molar-refractivity contribution >= 4 is 5.91 Å². The van der Waals surface area contributed by atoms with Crippen LogP contribution in [0.15, 0.2) is 23.8 Å². The molecule has 1 aliphatic carbocycles. The van der Waals surface area contributed by atoms with E-state index >= 15 is 0 Å². The van der Waals surface area contributed by atoms with Crippen LogP contribution in [0.25, 0.3) is 0 Å². The summed E-state index contributed by atoms with van der Waals surface area (Å²) in [7, 11) is 0. The van der Waals surface area contributed by atoms with Gasteiger partial charge in [-0.15, -0.1) is 0 Å². The van der Waals surface area contributed by atoms with Crippen LogP contribution in [-0.2, 0) is 4.79 Å². The largest absolute Gasteiger partial charge is 0.348 e. The van der Waals surface area contributed by atoms with Crippen molar-refractivity contribution < 1.29 is 4.79 Å². The van der Waals surface area contributed by atoms with Crippen molar-refractivity contribution in [3.8, 4) is 0 Å². The SMILES string of the molecule is CC1=CC=CC(C)C1NC(=O)C1CCCN1. The second-order valence-electron chi connectivity index (χ2n) is 4.79. The van der Waals surface area contributed by atoms with Crippen molar-refractivity contribution in [3.05, 3.63) is 23.8 Å². The minimum Gasteiger partial charge on any atom is -0.348 e. The van der Waals surface area contributed by atoms with Gasteiger partial charge in [-0.25, -0.2) is 0 Å². The van der Waals surface area contributed by atoms with Crippen LogP contribution in [0.5, 0.6) is 0 Å². The topological polar surface area (TPSA) is 41.1 Å². The standard InChI is InChI=1S/C13H20N2O/c1-9-5-3-6-10(2)12(9)15-13(16)11-7-4-8-14-11/h3,5-6,9,11-12,14H,4,7-8H2,1-2H3,(H,15,16). The summed E-state index contributed by atoms with van der Waals surface area (Å²) in [4.78, 5) is 12.0. The molecule has 1 aliphatic heterocycles. The van der Waals surface area contributed by atoms with Gasteiger partial charge in [-0.05, 0) is 32.2 Å². The van der Waals surface area contributed by atoms with Crippen molar-refractivity contribution in [2.24, 2.45) is 5.92 Å². The summed E-state index contributed by atoms with van der Waals surface area (Å²) in [5.74, 6) is 0.535. The Morgan fingerprint density at radius 3 is 3.00 bits per heavy atom. The number of amides is 1. The van der Waals surface area contributed by atoms with Crippen LogP contribution in [0.1, 0.15) is 26.7 Å². The molecule has 0 radical (unpaired) electrons. The lowest BCUT2D eigenvalue weighted by molar-refractivity contribution is -0.123. The van der Waals surface area contributed by atoms with Gasteiger partial charge in [-0.1, -0.05) is 30.7 Å². The van der Waals surface area contributed by atoms with E-state index in [4.69, 9.17) is 0 Å². The average Bonchev–Trinajstić information content (AvgIpc) is 2.76. The van der Waals surface area contributed by atoms with Gasteiger partial charge in [-0.2, -0.15) is 0 Å². The molecule has 3 atom stereocenters. The predicted molar refractivity (Wildman–Crippen MR) is 65.0 cm³/mol. The normalized spacial score (nSPS) is 33.6. The summed E-state index contributed by atoms with van der Waals surface area (Å²) in [6, 6.07) is 0.186. The van der Waals surface area contributed by atoms with Gasteiger partial charge in [0.2, 0.25) is 5.91 Å². The van der Waals surface area contributed by atoms with Gasteiger partial charge < -0.3 is 10.6 Å². The molecule has 0 saturated carbocycles. The predicted octanol–water partition coefficient (Wildman–Crippen LogP) is 1.38. The smallest absolute Gasteiger partial charge is 0.237 e. The van der Waals surface area contributed by atoms with Crippen molar-refractivity contribution in [1.29, 1.82) is 0 Å². The first-order valence-corrected chi connectivity index (χ1v) is 6.07. The Morgan fingerprint density at radius 1 is 1.56 bits per heavy atom. The zero-order chi connectivity index (χ0) is 11.5. The number of allylic oxidation sites excluding steroid dienone is 2. The number of hydrogen-bond acceptors (Lipinski definition) is 2. The molecule has 2 N–H and O–H groups in total. The summed E-state index contributed by atoms with van der Waals surface area (Å²) >= 11 is 0. The highest BCUT2D eigenvalue weighted by molar-refractivity contribution is 5.82. The highest BCUT2D eigenvalue weighted by Crippen LogP contribution is 2.19. The summed E-state index contributed by atoms with van der Waals surface area (Å²) in [5.41, 5.74) is 1.24. The zero-order valence-electron chi connectivity index (χ0n) is 9.99. The first-order valence-electron chi connectivity index (χ1n) is 6.07. The molecule has 1 heterocycles. The summed E-state index contributed by atoms with van der Waals surface area (Å²) in [6.07, 6.45) is 8.35. The van der Waals surface area contributed by atoms with Crippen molar-refractivity contribution in [2.75, 3.05) is 6.54 Å². The molecule has 3 heteroatoms. The molecule has 0 spiro atoms. The Labute approximate surface area is 97.0 Å². The van der Waals surface area contributed by atoms with E-state index in [1.807, 2.05) is 0 Å². The van der Waals surface area contributed by atoms with Gasteiger partial charge >= 0.3 is 0 Å². The molecule has 1 saturated heterocycles. The molecule has 3 nitrogen and oxygen atoms in total. The lowest BCUT2D eigenvalue weighted by Gasteiger charge is -2.27. The van der Waals surface area contributed by atoms with Gasteiger partial charge in [0.1, 0.15) is 0 Å². The highest BCUT2D eigenvalue weighted by Gasteiger charge is 2.27. The molecule has 0 aromatic rings. The molecular weight excluding hydrogens is 200 g/mol. The molecule has 3 unspecified atom stereocenters. The van der Waals surface area contributed by atoms with E-state index in [9.17, 15) is 4.79 Å². The second-order valence-corrected chi connectivity index (χ2v) is 4.79. The average molecular weight is 220 g/mol. The van der Waals surface area contributed by atoms with Crippen LogP contribution < -0.4 is 10.6 Å². The first-order chi connectivity index (χ1) is 7.68. The van der Waals surface area contributed by atoms with Crippen LogP contribution >= 0.6 is 0 Å². The molecule has 2 rings (SSSR count). The maximum absolute atomic E-state index is 12.0. The fourth-order valence-electron chi connectivity index (χ4n) is 2.42. The van der Waals surface area contributed by atoms with E-state index in [0.717, 1.165) is 19.4 Å². The van der Waals surface area contributed by atoms with Crippen LogP contribution in [0.3, 0.4) is 0 Å². The number of hydrogen-bond donors (Lipinski definition) is 2. The molecule has 88 valence electrons. The van der Waals surface area contributed by atoms with Gasteiger partial charge in [0.25, 0.3) is 0 Å². The van der Waals surface area contributed by atoms with Crippen molar-refractivity contribution in [3.63, 3.8) is 0 Å². The Hall–Kier alpha value is -1.09. The minimum absolute atomic E-state index is 0.0194. The number of carbonyl (C=O) groups excluding carboxylic acids is 1. The number of rotatable bonds is 2. The van der Waals surface area contributed by atoms with E-state index in [1.54, 1.807) is 0 Å². The lowest BCUT2D eigenvalue weighted by atomic mass is 9.90. The zero-order valence-corrected chi connectivity index (χ0v) is 9.99. The minimum atomic E-state index is 0.0194. The maximum atomic E-state index is 12.0. The molecular formula is C13H20N2O. The van der Waals surface area contributed by atoms with Gasteiger partial charge in [0.15, 0.2) is 0 Å². The van der Waals surface area contributed by atoms with Crippen LogP contribution in [0.2, 0.25) is 0 Å². The third-order valence-corrected chi connectivity index (χ3v) is 3.46. The molecule has 0 aromatic heterocycles. The third kappa shape index (κ3) is 2.35. The quantitative estimate of drug-likeness (QED) is 0.738. The molecule has 16 heavy (non-hydrogen) atoms. The first kappa shape index (κ1) is 11.4. The van der Waals surface area contributed by atoms with Crippen LogP contribution in [0, 0.1) is 5.92 Å². The number of carbonyl (C=O) groups is 1. The Morgan fingerprint density at radius 2 is 2.38 bits per heavy atom. The fraction of sp³-hybridized carbons (Fsp3) is 0.615. The number of nitrogens with one attached hydrogen (secondary N) is 2. The van der Waals surface area contributed by atoms with Crippen molar-refractivity contribution in [2.45, 2.75) is 38.8 Å². The Balaban J connectivity index is 1.95. The third-order valence-electron chi connectivity index (χ3n) is 3.46. The Kier molecular flexibility index (Phi) is 3.44. The van der Waals surface area contributed by atoms with Crippen LogP contribution in [-0.4, -0.2) is 24.5 Å². The van der Waals surface area contributed by atoms with E-state index in [2.05, 4.69) is 42.7 Å². The molecule has 0 bridgehead atoms. The monoisotopic (exact) mass is 220 g/mol. The molecule has 0 aromatic carbocycles. The van der Waals surface area contributed by atoms with E-state index in [-0.39, 0.29) is 18.0 Å². The Bertz CT molecular complexity index is 327.